The second-order valence-electron chi connectivity index (χ2n) is 8.20. The predicted octanol–water partition coefficient (Wildman–Crippen LogP) is 5.54. The average Bonchev–Trinajstić information content (AvgIpc) is 3.45. The standard InChI is InChI=1S/C26H25N3O2/c1-28(2)21-13-10-18(11-14-21)20-12-15-24-22(17-20)27-25(31-24)23-9-6-16-29(23)26(30)19-7-4-3-5-8-19/h3-5,7-8,10-15,17,23H,6,9,16H2,1-2H3/t23-/m0/s1. The van der Waals surface area contributed by atoms with Gasteiger partial charge in [-0.25, -0.2) is 4.98 Å². The number of rotatable bonds is 4. The van der Waals surface area contributed by atoms with Crippen LogP contribution in [0, 0.1) is 0 Å². The first kappa shape index (κ1) is 19.4. The zero-order chi connectivity index (χ0) is 21.4. The van der Waals surface area contributed by atoms with E-state index in [-0.39, 0.29) is 11.9 Å². The highest BCUT2D eigenvalue weighted by Crippen LogP contribution is 2.35. The van der Waals surface area contributed by atoms with Crippen LogP contribution in [0.2, 0.25) is 0 Å². The molecule has 0 spiro atoms. The van der Waals surface area contributed by atoms with Gasteiger partial charge in [-0.2, -0.15) is 0 Å². The van der Waals surface area contributed by atoms with E-state index in [1.165, 1.54) is 0 Å². The number of anilines is 1. The number of aromatic nitrogens is 1. The molecule has 0 N–H and O–H groups in total. The van der Waals surface area contributed by atoms with Gasteiger partial charge in [0.15, 0.2) is 5.58 Å². The van der Waals surface area contributed by atoms with Crippen molar-refractivity contribution in [1.82, 2.24) is 9.88 Å². The molecule has 1 fully saturated rings. The summed E-state index contributed by atoms with van der Waals surface area (Å²) in [5.74, 6) is 0.656. The largest absolute Gasteiger partial charge is 0.438 e. The Balaban J connectivity index is 1.44. The third-order valence-electron chi connectivity index (χ3n) is 5.94. The van der Waals surface area contributed by atoms with Crippen LogP contribution < -0.4 is 4.90 Å². The summed E-state index contributed by atoms with van der Waals surface area (Å²) in [5, 5.41) is 0. The van der Waals surface area contributed by atoms with Gasteiger partial charge in [0.25, 0.3) is 5.91 Å². The highest BCUT2D eigenvalue weighted by molar-refractivity contribution is 5.94. The van der Waals surface area contributed by atoms with Gasteiger partial charge in [-0.3, -0.25) is 4.79 Å². The second-order valence-corrected chi connectivity index (χ2v) is 8.20. The van der Waals surface area contributed by atoms with Gasteiger partial charge in [0, 0.05) is 31.9 Å². The molecular formula is C26H25N3O2. The van der Waals surface area contributed by atoms with Crippen LogP contribution in [-0.4, -0.2) is 36.4 Å². The van der Waals surface area contributed by atoms with Crippen LogP contribution >= 0.6 is 0 Å². The molecule has 1 aromatic heterocycles. The minimum Gasteiger partial charge on any atom is -0.438 e. The van der Waals surface area contributed by atoms with Gasteiger partial charge in [0.05, 0.1) is 0 Å². The molecule has 1 aliphatic heterocycles. The van der Waals surface area contributed by atoms with Crippen molar-refractivity contribution in [1.29, 1.82) is 0 Å². The fourth-order valence-electron chi connectivity index (χ4n) is 4.23. The minimum absolute atomic E-state index is 0.0343. The van der Waals surface area contributed by atoms with Crippen molar-refractivity contribution < 1.29 is 9.21 Å². The van der Waals surface area contributed by atoms with Gasteiger partial charge < -0.3 is 14.2 Å². The molecule has 0 bridgehead atoms. The molecule has 0 unspecified atom stereocenters. The number of carbonyl (C=O) groups excluding carboxylic acids is 1. The Hall–Kier alpha value is -3.60. The first-order valence-electron chi connectivity index (χ1n) is 10.6. The number of carbonyl (C=O) groups is 1. The average molecular weight is 412 g/mol. The van der Waals surface area contributed by atoms with E-state index in [0.29, 0.717) is 11.5 Å². The summed E-state index contributed by atoms with van der Waals surface area (Å²) in [6, 6.07) is 23.9. The molecule has 0 aliphatic carbocycles. The Morgan fingerprint density at radius 1 is 1.00 bits per heavy atom. The van der Waals surface area contributed by atoms with Crippen molar-refractivity contribution in [2.75, 3.05) is 25.5 Å². The molecule has 3 aromatic carbocycles. The topological polar surface area (TPSA) is 49.6 Å². The van der Waals surface area contributed by atoms with Gasteiger partial charge in [-0.15, -0.1) is 0 Å². The van der Waals surface area contributed by atoms with Crippen LogP contribution in [0.1, 0.15) is 35.1 Å². The number of fused-ring (bicyclic) bond motifs is 1. The number of benzene rings is 3. The number of nitrogens with zero attached hydrogens (tertiary/aromatic N) is 3. The summed E-state index contributed by atoms with van der Waals surface area (Å²) in [7, 11) is 4.07. The van der Waals surface area contributed by atoms with Gasteiger partial charge in [0.2, 0.25) is 5.89 Å². The lowest BCUT2D eigenvalue weighted by Crippen LogP contribution is -2.30. The Bertz CT molecular complexity index is 1210. The molecule has 31 heavy (non-hydrogen) atoms. The Morgan fingerprint density at radius 2 is 1.74 bits per heavy atom. The van der Waals surface area contributed by atoms with Gasteiger partial charge in [-0.1, -0.05) is 36.4 Å². The van der Waals surface area contributed by atoms with Crippen LogP contribution in [0.15, 0.2) is 77.2 Å². The summed E-state index contributed by atoms with van der Waals surface area (Å²) in [6.45, 7) is 0.723. The molecule has 1 saturated heterocycles. The summed E-state index contributed by atoms with van der Waals surface area (Å²) in [5.41, 5.74) is 5.68. The van der Waals surface area contributed by atoms with Crippen LogP contribution in [0.25, 0.3) is 22.2 Å². The van der Waals surface area contributed by atoms with E-state index >= 15 is 0 Å². The zero-order valence-corrected chi connectivity index (χ0v) is 17.8. The van der Waals surface area contributed by atoms with Gasteiger partial charge in [-0.05, 0) is 60.4 Å². The van der Waals surface area contributed by atoms with Crippen LogP contribution in [0.4, 0.5) is 5.69 Å². The van der Waals surface area contributed by atoms with Gasteiger partial charge >= 0.3 is 0 Å². The molecule has 0 saturated carbocycles. The summed E-state index contributed by atoms with van der Waals surface area (Å²) in [4.78, 5) is 21.8. The van der Waals surface area contributed by atoms with Crippen LogP contribution in [-0.2, 0) is 0 Å². The maximum Gasteiger partial charge on any atom is 0.254 e. The van der Waals surface area contributed by atoms with Crippen molar-refractivity contribution in [3.8, 4) is 11.1 Å². The Morgan fingerprint density at radius 3 is 2.48 bits per heavy atom. The number of hydrogen-bond donors (Lipinski definition) is 0. The van der Waals surface area contributed by atoms with E-state index in [1.54, 1.807) is 0 Å². The molecule has 1 atom stereocenters. The molecule has 5 nitrogen and oxygen atoms in total. The fraction of sp³-hybridized carbons (Fsp3) is 0.231. The third kappa shape index (κ3) is 3.67. The highest BCUT2D eigenvalue weighted by Gasteiger charge is 2.34. The minimum atomic E-state index is -0.122. The lowest BCUT2D eigenvalue weighted by Gasteiger charge is -2.22. The normalized spacial score (nSPS) is 16.1. The Labute approximate surface area is 181 Å². The molecule has 2 heterocycles. The molecule has 5 rings (SSSR count). The van der Waals surface area contributed by atoms with E-state index in [9.17, 15) is 4.79 Å². The van der Waals surface area contributed by atoms with Crippen molar-refractivity contribution in [2.45, 2.75) is 18.9 Å². The van der Waals surface area contributed by atoms with Crippen molar-refractivity contribution >= 4 is 22.7 Å². The van der Waals surface area contributed by atoms with Crippen molar-refractivity contribution in [2.24, 2.45) is 0 Å². The van der Waals surface area contributed by atoms with Gasteiger partial charge in [0.1, 0.15) is 11.6 Å². The van der Waals surface area contributed by atoms with E-state index in [0.717, 1.165) is 47.3 Å². The van der Waals surface area contributed by atoms with Crippen molar-refractivity contribution in [3.63, 3.8) is 0 Å². The lowest BCUT2D eigenvalue weighted by molar-refractivity contribution is 0.0717. The van der Waals surface area contributed by atoms with Crippen LogP contribution in [0.3, 0.4) is 0 Å². The van der Waals surface area contributed by atoms with Crippen LogP contribution in [0.5, 0.6) is 0 Å². The molecule has 1 aliphatic rings. The molecule has 156 valence electrons. The molecule has 1 amide bonds. The number of likely N-dealkylation sites (tertiary alicyclic amines) is 1. The maximum atomic E-state index is 13.0. The van der Waals surface area contributed by atoms with E-state index in [1.807, 2.05) is 55.4 Å². The highest BCUT2D eigenvalue weighted by atomic mass is 16.3. The van der Waals surface area contributed by atoms with E-state index in [4.69, 9.17) is 9.40 Å². The first-order valence-corrected chi connectivity index (χ1v) is 10.6. The molecule has 4 aromatic rings. The molecule has 5 heteroatoms. The number of hydrogen-bond acceptors (Lipinski definition) is 4. The Kier molecular flexibility index (Phi) is 4.94. The van der Waals surface area contributed by atoms with E-state index < -0.39 is 0 Å². The predicted molar refractivity (Wildman–Crippen MR) is 123 cm³/mol. The molecule has 0 radical (unpaired) electrons. The quantitative estimate of drug-likeness (QED) is 0.442. The zero-order valence-electron chi connectivity index (χ0n) is 17.8. The SMILES string of the molecule is CN(C)c1ccc(-c2ccc3oc([C@@H]4CCCN4C(=O)c4ccccc4)nc3c2)cc1. The smallest absolute Gasteiger partial charge is 0.254 e. The fourth-order valence-corrected chi connectivity index (χ4v) is 4.23. The van der Waals surface area contributed by atoms with E-state index in [2.05, 4.69) is 41.3 Å². The monoisotopic (exact) mass is 411 g/mol. The molecular weight excluding hydrogens is 386 g/mol. The summed E-state index contributed by atoms with van der Waals surface area (Å²) in [6.07, 6.45) is 1.82. The number of oxazole rings is 1. The first-order chi connectivity index (χ1) is 15.1. The third-order valence-corrected chi connectivity index (χ3v) is 5.94. The summed E-state index contributed by atoms with van der Waals surface area (Å²) < 4.78 is 6.10. The summed E-state index contributed by atoms with van der Waals surface area (Å²) >= 11 is 0. The number of amides is 1. The second kappa shape index (κ2) is 7.91. The van der Waals surface area contributed by atoms with Crippen molar-refractivity contribution in [3.05, 3.63) is 84.3 Å². The maximum absolute atomic E-state index is 13.0. The lowest BCUT2D eigenvalue weighted by atomic mass is 10.0.